The first kappa shape index (κ1) is 18.4. The molecule has 0 spiro atoms. The fraction of sp³-hybridized carbons (Fsp3) is 0.318. The molecule has 1 aliphatic carbocycles. The SMILES string of the molecule is Cn1cncc1CN(Cc1ccc(C(N)=O)cc1)C1CCCc2cccnc21. The van der Waals surface area contributed by atoms with E-state index in [0.717, 1.165) is 43.6 Å². The molecule has 0 aliphatic heterocycles. The lowest BCUT2D eigenvalue weighted by Crippen LogP contribution is -2.32. The Hall–Kier alpha value is -2.99. The van der Waals surface area contributed by atoms with E-state index in [2.05, 4.69) is 20.5 Å². The molecule has 6 nitrogen and oxygen atoms in total. The number of carbonyl (C=O) groups excluding carboxylic acids is 1. The Kier molecular flexibility index (Phi) is 5.21. The third-order valence-corrected chi connectivity index (χ3v) is 5.51. The predicted molar refractivity (Wildman–Crippen MR) is 107 cm³/mol. The first-order valence-corrected chi connectivity index (χ1v) is 9.63. The maximum atomic E-state index is 11.4. The number of primary amides is 1. The largest absolute Gasteiger partial charge is 0.366 e. The smallest absolute Gasteiger partial charge is 0.248 e. The Morgan fingerprint density at radius 3 is 2.79 bits per heavy atom. The summed E-state index contributed by atoms with van der Waals surface area (Å²) in [5, 5.41) is 0. The van der Waals surface area contributed by atoms with Gasteiger partial charge in [0.2, 0.25) is 5.91 Å². The molecule has 1 aromatic carbocycles. The van der Waals surface area contributed by atoms with Crippen molar-refractivity contribution in [3.05, 3.63) is 83.2 Å². The molecule has 0 bridgehead atoms. The minimum absolute atomic E-state index is 0.260. The van der Waals surface area contributed by atoms with E-state index >= 15 is 0 Å². The molecule has 28 heavy (non-hydrogen) atoms. The van der Waals surface area contributed by atoms with E-state index in [9.17, 15) is 4.79 Å². The highest BCUT2D eigenvalue weighted by molar-refractivity contribution is 5.92. The van der Waals surface area contributed by atoms with Crippen LogP contribution < -0.4 is 5.73 Å². The number of hydrogen-bond acceptors (Lipinski definition) is 4. The van der Waals surface area contributed by atoms with Crippen LogP contribution in [0, 0.1) is 0 Å². The molecule has 2 heterocycles. The molecule has 144 valence electrons. The maximum Gasteiger partial charge on any atom is 0.248 e. The second-order valence-electron chi connectivity index (χ2n) is 7.42. The van der Waals surface area contributed by atoms with E-state index in [1.807, 2.05) is 44.0 Å². The van der Waals surface area contributed by atoms with Gasteiger partial charge in [-0.1, -0.05) is 18.2 Å². The minimum atomic E-state index is -0.399. The van der Waals surface area contributed by atoms with E-state index in [4.69, 9.17) is 10.7 Å². The van der Waals surface area contributed by atoms with Crippen LogP contribution in [-0.4, -0.2) is 25.3 Å². The zero-order chi connectivity index (χ0) is 19.5. The summed E-state index contributed by atoms with van der Waals surface area (Å²) >= 11 is 0. The van der Waals surface area contributed by atoms with Crippen molar-refractivity contribution in [3.63, 3.8) is 0 Å². The van der Waals surface area contributed by atoms with Gasteiger partial charge in [-0.05, 0) is 48.6 Å². The second kappa shape index (κ2) is 7.94. The molecule has 1 atom stereocenters. The van der Waals surface area contributed by atoms with Gasteiger partial charge in [-0.25, -0.2) is 4.98 Å². The molecule has 0 fully saturated rings. The van der Waals surface area contributed by atoms with Crippen LogP contribution in [0.1, 0.15) is 51.8 Å². The van der Waals surface area contributed by atoms with Gasteiger partial charge in [0.05, 0.1) is 23.8 Å². The highest BCUT2D eigenvalue weighted by atomic mass is 16.1. The lowest BCUT2D eigenvalue weighted by molar-refractivity contribution is 0.1000. The van der Waals surface area contributed by atoms with Crippen LogP contribution in [0.3, 0.4) is 0 Å². The molecule has 0 radical (unpaired) electrons. The van der Waals surface area contributed by atoms with Crippen molar-refractivity contribution in [2.24, 2.45) is 12.8 Å². The molecule has 0 saturated heterocycles. The zero-order valence-corrected chi connectivity index (χ0v) is 16.1. The molecular weight excluding hydrogens is 350 g/mol. The van der Waals surface area contributed by atoms with Crippen LogP contribution in [0.4, 0.5) is 0 Å². The maximum absolute atomic E-state index is 11.4. The summed E-state index contributed by atoms with van der Waals surface area (Å²) in [4.78, 5) is 22.8. The van der Waals surface area contributed by atoms with E-state index in [-0.39, 0.29) is 6.04 Å². The van der Waals surface area contributed by atoms with Gasteiger partial charge in [0.1, 0.15) is 0 Å². The number of nitrogens with two attached hydrogens (primary N) is 1. The van der Waals surface area contributed by atoms with E-state index < -0.39 is 5.91 Å². The third-order valence-electron chi connectivity index (χ3n) is 5.51. The van der Waals surface area contributed by atoms with Crippen LogP contribution in [-0.2, 0) is 26.6 Å². The van der Waals surface area contributed by atoms with Gasteiger partial charge in [0.25, 0.3) is 0 Å². The van der Waals surface area contributed by atoms with Gasteiger partial charge < -0.3 is 10.3 Å². The summed E-state index contributed by atoms with van der Waals surface area (Å²) in [6.45, 7) is 1.56. The van der Waals surface area contributed by atoms with Gasteiger partial charge in [-0.3, -0.25) is 14.7 Å². The summed E-state index contributed by atoms with van der Waals surface area (Å²) in [6, 6.07) is 12.0. The molecule has 0 saturated carbocycles. The Morgan fingerprint density at radius 2 is 2.07 bits per heavy atom. The number of hydrogen-bond donors (Lipinski definition) is 1. The lowest BCUT2D eigenvalue weighted by Gasteiger charge is -2.35. The number of imidazole rings is 1. The number of benzene rings is 1. The quantitative estimate of drug-likeness (QED) is 0.718. The molecular formula is C22H25N5O. The molecule has 1 aliphatic rings. The van der Waals surface area contributed by atoms with E-state index in [0.29, 0.717) is 5.56 Å². The van der Waals surface area contributed by atoms with Crippen LogP contribution in [0.15, 0.2) is 55.1 Å². The Balaban J connectivity index is 1.64. The number of fused-ring (bicyclic) bond motifs is 1. The number of amides is 1. The number of pyridine rings is 1. The summed E-state index contributed by atoms with van der Waals surface area (Å²) < 4.78 is 2.06. The minimum Gasteiger partial charge on any atom is -0.366 e. The molecule has 2 aromatic heterocycles. The van der Waals surface area contributed by atoms with Crippen molar-refractivity contribution >= 4 is 5.91 Å². The topological polar surface area (TPSA) is 77.0 Å². The van der Waals surface area contributed by atoms with Gasteiger partial charge >= 0.3 is 0 Å². The number of nitrogens with zero attached hydrogens (tertiary/aromatic N) is 4. The normalized spacial score (nSPS) is 16.1. The Morgan fingerprint density at radius 1 is 1.25 bits per heavy atom. The Labute approximate surface area is 165 Å². The highest BCUT2D eigenvalue weighted by Gasteiger charge is 2.28. The van der Waals surface area contributed by atoms with Gasteiger partial charge in [0, 0.05) is 38.1 Å². The first-order chi connectivity index (χ1) is 13.6. The third kappa shape index (κ3) is 3.82. The molecule has 2 N–H and O–H groups in total. The van der Waals surface area contributed by atoms with Crippen molar-refractivity contribution in [2.45, 2.75) is 38.4 Å². The summed E-state index contributed by atoms with van der Waals surface area (Å²) in [5.74, 6) is -0.399. The first-order valence-electron chi connectivity index (χ1n) is 9.63. The fourth-order valence-electron chi connectivity index (χ4n) is 3.97. The molecule has 3 aromatic rings. The van der Waals surface area contributed by atoms with E-state index in [1.54, 1.807) is 12.1 Å². The van der Waals surface area contributed by atoms with Crippen molar-refractivity contribution in [3.8, 4) is 0 Å². The van der Waals surface area contributed by atoms with E-state index in [1.165, 1.54) is 11.3 Å². The summed E-state index contributed by atoms with van der Waals surface area (Å²) in [5.41, 5.74) is 10.8. The van der Waals surface area contributed by atoms with Crippen molar-refractivity contribution < 1.29 is 4.79 Å². The second-order valence-corrected chi connectivity index (χ2v) is 7.42. The van der Waals surface area contributed by atoms with Crippen LogP contribution in [0.5, 0.6) is 0 Å². The number of aryl methyl sites for hydroxylation is 2. The number of rotatable bonds is 6. The number of carbonyl (C=O) groups is 1. The average molecular weight is 375 g/mol. The molecule has 4 rings (SSSR count). The van der Waals surface area contributed by atoms with Crippen molar-refractivity contribution in [1.82, 2.24) is 19.4 Å². The zero-order valence-electron chi connectivity index (χ0n) is 16.1. The van der Waals surface area contributed by atoms with Crippen LogP contribution in [0.2, 0.25) is 0 Å². The fourth-order valence-corrected chi connectivity index (χ4v) is 3.97. The van der Waals surface area contributed by atoms with Crippen molar-refractivity contribution in [1.29, 1.82) is 0 Å². The monoisotopic (exact) mass is 375 g/mol. The summed E-state index contributed by atoms with van der Waals surface area (Å²) in [7, 11) is 2.02. The van der Waals surface area contributed by atoms with Crippen LogP contribution >= 0.6 is 0 Å². The summed E-state index contributed by atoms with van der Waals surface area (Å²) in [6.07, 6.45) is 8.98. The van der Waals surface area contributed by atoms with Gasteiger partial charge in [-0.2, -0.15) is 0 Å². The molecule has 1 unspecified atom stereocenters. The molecule has 6 heteroatoms. The van der Waals surface area contributed by atoms with Gasteiger partial charge in [-0.15, -0.1) is 0 Å². The highest BCUT2D eigenvalue weighted by Crippen LogP contribution is 2.34. The predicted octanol–water partition coefficient (Wildman–Crippen LogP) is 2.99. The standard InChI is InChI=1S/C22H25N5O/c1-26-15-24-12-19(26)14-27(13-16-7-9-18(10-8-16)22(23)28)20-6-2-4-17-5-3-11-25-21(17)20/h3,5,7-12,15,20H,2,4,6,13-14H2,1H3,(H2,23,28). The lowest BCUT2D eigenvalue weighted by atomic mass is 9.90. The van der Waals surface area contributed by atoms with Crippen LogP contribution in [0.25, 0.3) is 0 Å². The van der Waals surface area contributed by atoms with Crippen molar-refractivity contribution in [2.75, 3.05) is 0 Å². The van der Waals surface area contributed by atoms with Gasteiger partial charge in [0.15, 0.2) is 0 Å². The molecule has 1 amide bonds. The number of aromatic nitrogens is 3. The Bertz CT molecular complexity index is 963. The average Bonchev–Trinajstić information content (AvgIpc) is 3.12.